The summed E-state index contributed by atoms with van der Waals surface area (Å²) in [7, 11) is 1.88. The molecule has 0 aliphatic carbocycles. The van der Waals surface area contributed by atoms with Crippen molar-refractivity contribution in [3.63, 3.8) is 0 Å². The van der Waals surface area contributed by atoms with Crippen LogP contribution in [0.25, 0.3) is 0 Å². The van der Waals surface area contributed by atoms with Crippen LogP contribution in [0.3, 0.4) is 0 Å². The lowest BCUT2D eigenvalue weighted by atomic mass is 10.3. The van der Waals surface area contributed by atoms with E-state index in [9.17, 15) is 0 Å². The van der Waals surface area contributed by atoms with Crippen LogP contribution in [0.15, 0.2) is 10.7 Å². The Bertz CT molecular complexity index is 207. The van der Waals surface area contributed by atoms with Crippen LogP contribution in [-0.2, 0) is 0 Å². The summed E-state index contributed by atoms with van der Waals surface area (Å²) in [6.07, 6.45) is 1.66. The minimum absolute atomic E-state index is 0.202. The van der Waals surface area contributed by atoms with E-state index in [0.29, 0.717) is 0 Å². The molecule has 1 rings (SSSR count). The Kier molecular flexibility index (Phi) is 2.06. The molecule has 56 valence electrons. The Morgan fingerprint density at radius 1 is 1.70 bits per heavy atom. The van der Waals surface area contributed by atoms with Gasteiger partial charge in [0.2, 0.25) is 5.89 Å². The third-order valence-electron chi connectivity index (χ3n) is 1.44. The van der Waals surface area contributed by atoms with Crippen molar-refractivity contribution in [3.8, 4) is 0 Å². The lowest BCUT2D eigenvalue weighted by molar-refractivity contribution is 0.433. The first-order valence-corrected chi connectivity index (χ1v) is 3.33. The van der Waals surface area contributed by atoms with Gasteiger partial charge in [-0.15, -0.1) is 0 Å². The van der Waals surface area contributed by atoms with E-state index in [1.54, 1.807) is 6.26 Å². The molecule has 0 aliphatic heterocycles. The van der Waals surface area contributed by atoms with Crippen molar-refractivity contribution in [1.82, 2.24) is 10.3 Å². The Morgan fingerprint density at radius 2 is 2.40 bits per heavy atom. The van der Waals surface area contributed by atoms with Crippen molar-refractivity contribution in [3.05, 3.63) is 17.8 Å². The average molecular weight is 140 g/mol. The van der Waals surface area contributed by atoms with Crippen LogP contribution in [0.4, 0.5) is 0 Å². The summed E-state index contributed by atoms with van der Waals surface area (Å²) in [6, 6.07) is 0.202. The Balaban J connectivity index is 2.74. The molecule has 0 bridgehead atoms. The van der Waals surface area contributed by atoms with Crippen LogP contribution in [-0.4, -0.2) is 12.0 Å². The third kappa shape index (κ3) is 1.36. The number of hydrogen-bond acceptors (Lipinski definition) is 3. The zero-order chi connectivity index (χ0) is 7.56. The molecule has 1 aromatic rings. The summed E-state index contributed by atoms with van der Waals surface area (Å²) in [5.74, 6) is 0.750. The number of hydrogen-bond donors (Lipinski definition) is 1. The predicted molar refractivity (Wildman–Crippen MR) is 38.7 cm³/mol. The van der Waals surface area contributed by atoms with Gasteiger partial charge in [0.25, 0.3) is 0 Å². The second-order valence-corrected chi connectivity index (χ2v) is 2.34. The Morgan fingerprint density at radius 3 is 2.80 bits per heavy atom. The van der Waals surface area contributed by atoms with Gasteiger partial charge in [-0.05, 0) is 20.9 Å². The molecule has 0 aliphatic rings. The molecule has 0 amide bonds. The van der Waals surface area contributed by atoms with E-state index in [0.717, 1.165) is 11.6 Å². The van der Waals surface area contributed by atoms with Crippen molar-refractivity contribution < 1.29 is 4.42 Å². The quantitative estimate of drug-likeness (QED) is 0.672. The average Bonchev–Trinajstić information content (AvgIpc) is 2.34. The maximum atomic E-state index is 5.14. The first-order chi connectivity index (χ1) is 4.74. The molecule has 1 unspecified atom stereocenters. The van der Waals surface area contributed by atoms with Gasteiger partial charge in [0, 0.05) is 0 Å². The summed E-state index contributed by atoms with van der Waals surface area (Å²) in [6.45, 7) is 3.92. The number of nitrogens with zero attached hydrogens (tertiary/aromatic N) is 1. The van der Waals surface area contributed by atoms with E-state index in [1.165, 1.54) is 0 Å². The molecule has 3 heteroatoms. The molecular formula is C7H12N2O. The van der Waals surface area contributed by atoms with Crippen LogP contribution in [0.1, 0.15) is 24.6 Å². The lowest BCUT2D eigenvalue weighted by Gasteiger charge is -2.02. The summed E-state index contributed by atoms with van der Waals surface area (Å²) in [5.41, 5.74) is 0.928. The van der Waals surface area contributed by atoms with Crippen molar-refractivity contribution in [2.45, 2.75) is 19.9 Å². The molecule has 0 radical (unpaired) electrons. The SMILES string of the molecule is CNC(C)c1nc(C)co1. The first kappa shape index (κ1) is 7.28. The van der Waals surface area contributed by atoms with Crippen LogP contribution in [0.2, 0.25) is 0 Å². The fourth-order valence-electron chi connectivity index (χ4n) is 0.695. The van der Waals surface area contributed by atoms with Crippen LogP contribution < -0.4 is 5.32 Å². The number of aromatic nitrogens is 1. The topological polar surface area (TPSA) is 38.1 Å². The first-order valence-electron chi connectivity index (χ1n) is 3.33. The maximum Gasteiger partial charge on any atom is 0.211 e. The second-order valence-electron chi connectivity index (χ2n) is 2.34. The molecule has 1 aromatic heterocycles. The summed E-state index contributed by atoms with van der Waals surface area (Å²) >= 11 is 0. The smallest absolute Gasteiger partial charge is 0.211 e. The van der Waals surface area contributed by atoms with Gasteiger partial charge in [0.15, 0.2) is 0 Å². The molecule has 0 aromatic carbocycles. The van der Waals surface area contributed by atoms with Crippen LogP contribution >= 0.6 is 0 Å². The molecule has 0 saturated heterocycles. The van der Waals surface area contributed by atoms with Crippen LogP contribution in [0.5, 0.6) is 0 Å². The fourth-order valence-corrected chi connectivity index (χ4v) is 0.695. The van der Waals surface area contributed by atoms with Crippen molar-refractivity contribution in [2.24, 2.45) is 0 Å². The van der Waals surface area contributed by atoms with Gasteiger partial charge in [0.05, 0.1) is 11.7 Å². The Labute approximate surface area is 60.5 Å². The standard InChI is InChI=1S/C7H12N2O/c1-5-4-10-7(9-5)6(2)8-3/h4,6,8H,1-3H3. The number of rotatable bonds is 2. The van der Waals surface area contributed by atoms with Crippen LogP contribution in [0, 0.1) is 6.92 Å². The van der Waals surface area contributed by atoms with Gasteiger partial charge in [-0.3, -0.25) is 0 Å². The van der Waals surface area contributed by atoms with Gasteiger partial charge >= 0.3 is 0 Å². The molecule has 3 nitrogen and oxygen atoms in total. The van der Waals surface area contributed by atoms with Gasteiger partial charge in [-0.2, -0.15) is 0 Å². The van der Waals surface area contributed by atoms with Crippen molar-refractivity contribution in [1.29, 1.82) is 0 Å². The molecule has 1 N–H and O–H groups in total. The zero-order valence-corrected chi connectivity index (χ0v) is 6.51. The minimum atomic E-state index is 0.202. The second kappa shape index (κ2) is 2.84. The van der Waals surface area contributed by atoms with E-state index >= 15 is 0 Å². The molecule has 0 fully saturated rings. The molecular weight excluding hydrogens is 128 g/mol. The van der Waals surface area contributed by atoms with E-state index in [1.807, 2.05) is 20.9 Å². The summed E-state index contributed by atoms with van der Waals surface area (Å²) in [5, 5.41) is 3.04. The van der Waals surface area contributed by atoms with Gasteiger partial charge in [-0.1, -0.05) is 0 Å². The monoisotopic (exact) mass is 140 g/mol. The highest BCUT2D eigenvalue weighted by molar-refractivity contribution is 4.96. The highest BCUT2D eigenvalue weighted by atomic mass is 16.3. The number of nitrogens with one attached hydrogen (secondary N) is 1. The Hall–Kier alpha value is -0.830. The fraction of sp³-hybridized carbons (Fsp3) is 0.571. The highest BCUT2D eigenvalue weighted by Gasteiger charge is 2.06. The maximum absolute atomic E-state index is 5.14. The minimum Gasteiger partial charge on any atom is -0.447 e. The molecule has 10 heavy (non-hydrogen) atoms. The summed E-state index contributed by atoms with van der Waals surface area (Å²) < 4.78 is 5.14. The van der Waals surface area contributed by atoms with E-state index in [4.69, 9.17) is 4.42 Å². The molecule has 0 saturated carbocycles. The zero-order valence-electron chi connectivity index (χ0n) is 6.51. The summed E-state index contributed by atoms with van der Waals surface area (Å²) in [4.78, 5) is 4.15. The van der Waals surface area contributed by atoms with Gasteiger partial charge in [0.1, 0.15) is 6.26 Å². The van der Waals surface area contributed by atoms with E-state index in [2.05, 4.69) is 10.3 Å². The largest absolute Gasteiger partial charge is 0.447 e. The van der Waals surface area contributed by atoms with Gasteiger partial charge < -0.3 is 9.73 Å². The number of aryl methyl sites for hydroxylation is 1. The normalized spacial score (nSPS) is 13.5. The van der Waals surface area contributed by atoms with Crippen molar-refractivity contribution >= 4 is 0 Å². The van der Waals surface area contributed by atoms with Crippen molar-refractivity contribution in [2.75, 3.05) is 7.05 Å². The lowest BCUT2D eigenvalue weighted by Crippen LogP contribution is -2.12. The van der Waals surface area contributed by atoms with E-state index < -0.39 is 0 Å². The molecule has 1 atom stereocenters. The predicted octanol–water partition coefficient (Wildman–Crippen LogP) is 1.26. The van der Waals surface area contributed by atoms with Gasteiger partial charge in [-0.25, -0.2) is 4.98 Å². The molecule has 0 spiro atoms. The number of oxazole rings is 1. The van der Waals surface area contributed by atoms with E-state index in [-0.39, 0.29) is 6.04 Å². The highest BCUT2D eigenvalue weighted by Crippen LogP contribution is 2.09. The molecule has 1 heterocycles. The third-order valence-corrected chi connectivity index (χ3v) is 1.44.